The van der Waals surface area contributed by atoms with Crippen LogP contribution in [0.25, 0.3) is 0 Å². The van der Waals surface area contributed by atoms with Gasteiger partial charge in [-0.15, -0.1) is 0 Å². The van der Waals surface area contributed by atoms with Crippen LogP contribution in [0, 0.1) is 11.6 Å². The topological polar surface area (TPSA) is 38.8 Å². The van der Waals surface area contributed by atoms with Gasteiger partial charge in [-0.25, -0.2) is 8.78 Å². The summed E-state index contributed by atoms with van der Waals surface area (Å²) in [6.07, 6.45) is 2.28. The molecule has 1 aromatic rings. The molecule has 4 nitrogen and oxygen atoms in total. The lowest BCUT2D eigenvalue weighted by atomic mass is 9.87. The molecule has 1 saturated heterocycles. The van der Waals surface area contributed by atoms with Gasteiger partial charge in [0.25, 0.3) is 5.91 Å². The molecule has 7 heteroatoms. The quantitative estimate of drug-likeness (QED) is 0.773. The summed E-state index contributed by atoms with van der Waals surface area (Å²) in [6, 6.07) is 1.98. The van der Waals surface area contributed by atoms with E-state index in [9.17, 15) is 13.6 Å². The molecule has 2 aliphatic rings. The summed E-state index contributed by atoms with van der Waals surface area (Å²) in [5.41, 5.74) is -0.211. The maximum atomic E-state index is 14.2. The molecule has 3 atom stereocenters. The summed E-state index contributed by atoms with van der Waals surface area (Å²) in [5, 5.41) is -0.654. The van der Waals surface area contributed by atoms with E-state index in [-0.39, 0.29) is 23.8 Å². The smallest absolute Gasteiger partial charge is 0.257 e. The second-order valence-electron chi connectivity index (χ2n) is 5.87. The SMILES string of the molecule is CO[C@@H]1CC[C@@H]2OCCN(C(=O)c3ccc(F)c(Cl)c3F)[C@H]2C1. The van der Waals surface area contributed by atoms with Crippen LogP contribution >= 0.6 is 11.6 Å². The first kappa shape index (κ1) is 16.6. The van der Waals surface area contributed by atoms with Gasteiger partial charge in [0.05, 0.1) is 30.4 Å². The van der Waals surface area contributed by atoms with Crippen molar-refractivity contribution in [3.8, 4) is 0 Å². The number of hydrogen-bond acceptors (Lipinski definition) is 3. The molecule has 1 heterocycles. The Morgan fingerprint density at radius 1 is 1.39 bits per heavy atom. The van der Waals surface area contributed by atoms with Crippen molar-refractivity contribution in [2.75, 3.05) is 20.3 Å². The zero-order valence-corrected chi connectivity index (χ0v) is 13.5. The molecular formula is C16H18ClF2NO3. The molecule has 0 bridgehead atoms. The van der Waals surface area contributed by atoms with Crippen molar-refractivity contribution in [1.29, 1.82) is 0 Å². The van der Waals surface area contributed by atoms with E-state index >= 15 is 0 Å². The van der Waals surface area contributed by atoms with Crippen molar-refractivity contribution >= 4 is 17.5 Å². The Labute approximate surface area is 138 Å². The summed E-state index contributed by atoms with van der Waals surface area (Å²) in [6.45, 7) is 0.770. The van der Waals surface area contributed by atoms with Crippen LogP contribution in [-0.2, 0) is 9.47 Å². The second kappa shape index (κ2) is 6.71. The maximum absolute atomic E-state index is 14.2. The highest BCUT2D eigenvalue weighted by Crippen LogP contribution is 2.32. The number of halogens is 3. The summed E-state index contributed by atoms with van der Waals surface area (Å²) in [4.78, 5) is 14.3. The third kappa shape index (κ3) is 3.07. The average Bonchev–Trinajstić information content (AvgIpc) is 2.58. The summed E-state index contributed by atoms with van der Waals surface area (Å²) in [5.74, 6) is -2.38. The number of hydrogen-bond donors (Lipinski definition) is 0. The number of ether oxygens (including phenoxy) is 2. The largest absolute Gasteiger partial charge is 0.381 e. The average molecular weight is 346 g/mol. The number of methoxy groups -OCH3 is 1. The van der Waals surface area contributed by atoms with Gasteiger partial charge >= 0.3 is 0 Å². The molecule has 0 unspecified atom stereocenters. The van der Waals surface area contributed by atoms with Crippen LogP contribution in [0.2, 0.25) is 5.02 Å². The molecule has 1 aliphatic carbocycles. The fourth-order valence-corrected chi connectivity index (χ4v) is 3.55. The van der Waals surface area contributed by atoms with E-state index < -0.39 is 22.6 Å². The number of fused-ring (bicyclic) bond motifs is 1. The molecule has 0 radical (unpaired) electrons. The van der Waals surface area contributed by atoms with Crippen LogP contribution in [0.15, 0.2) is 12.1 Å². The molecule has 1 saturated carbocycles. The van der Waals surface area contributed by atoms with Crippen LogP contribution in [0.3, 0.4) is 0 Å². The number of carbonyl (C=O) groups is 1. The van der Waals surface area contributed by atoms with Crippen molar-refractivity contribution in [2.45, 2.75) is 37.5 Å². The van der Waals surface area contributed by atoms with Crippen LogP contribution in [-0.4, -0.2) is 49.3 Å². The lowest BCUT2D eigenvalue weighted by Gasteiger charge is -2.45. The lowest BCUT2D eigenvalue weighted by molar-refractivity contribution is -0.101. The molecule has 23 heavy (non-hydrogen) atoms. The Bertz CT molecular complexity index is 613. The Hall–Kier alpha value is -1.24. The normalized spacial score (nSPS) is 27.7. The summed E-state index contributed by atoms with van der Waals surface area (Å²) < 4.78 is 38.6. The van der Waals surface area contributed by atoms with Gasteiger partial charge in [0.1, 0.15) is 10.8 Å². The third-order valence-electron chi connectivity index (χ3n) is 4.63. The number of rotatable bonds is 2. The van der Waals surface area contributed by atoms with Gasteiger partial charge in [-0.3, -0.25) is 4.79 Å². The molecule has 3 rings (SSSR count). The minimum absolute atomic E-state index is 0.0508. The Balaban J connectivity index is 1.87. The van der Waals surface area contributed by atoms with Gasteiger partial charge in [0.2, 0.25) is 0 Å². The fourth-order valence-electron chi connectivity index (χ4n) is 3.38. The monoisotopic (exact) mass is 345 g/mol. The molecule has 0 spiro atoms. The third-order valence-corrected chi connectivity index (χ3v) is 4.98. The van der Waals surface area contributed by atoms with E-state index in [1.807, 2.05) is 0 Å². The van der Waals surface area contributed by atoms with Crippen LogP contribution in [0.5, 0.6) is 0 Å². The van der Waals surface area contributed by atoms with Gasteiger partial charge in [0.15, 0.2) is 5.82 Å². The minimum atomic E-state index is -1.01. The first-order valence-electron chi connectivity index (χ1n) is 7.61. The predicted molar refractivity (Wildman–Crippen MR) is 80.6 cm³/mol. The highest BCUT2D eigenvalue weighted by atomic mass is 35.5. The maximum Gasteiger partial charge on any atom is 0.257 e. The molecule has 2 fully saturated rings. The van der Waals surface area contributed by atoms with E-state index in [0.717, 1.165) is 25.0 Å². The minimum Gasteiger partial charge on any atom is -0.381 e. The zero-order valence-electron chi connectivity index (χ0n) is 12.7. The molecule has 126 valence electrons. The number of benzene rings is 1. The van der Waals surface area contributed by atoms with Crippen molar-refractivity contribution in [2.24, 2.45) is 0 Å². The number of amides is 1. The fraction of sp³-hybridized carbons (Fsp3) is 0.562. The first-order chi connectivity index (χ1) is 11.0. The zero-order chi connectivity index (χ0) is 16.6. The highest BCUT2D eigenvalue weighted by molar-refractivity contribution is 6.31. The van der Waals surface area contributed by atoms with E-state index in [4.69, 9.17) is 21.1 Å². The van der Waals surface area contributed by atoms with Crippen molar-refractivity contribution in [3.05, 3.63) is 34.4 Å². The van der Waals surface area contributed by atoms with Crippen LogP contribution < -0.4 is 0 Å². The predicted octanol–water partition coefficient (Wildman–Crippen LogP) is 3.03. The number of morpholine rings is 1. The van der Waals surface area contributed by atoms with Gasteiger partial charge < -0.3 is 14.4 Å². The number of nitrogens with zero attached hydrogens (tertiary/aromatic N) is 1. The lowest BCUT2D eigenvalue weighted by Crippen LogP contribution is -2.57. The molecule has 0 aromatic heterocycles. The van der Waals surface area contributed by atoms with E-state index in [2.05, 4.69) is 0 Å². The van der Waals surface area contributed by atoms with Crippen LogP contribution in [0.1, 0.15) is 29.6 Å². The van der Waals surface area contributed by atoms with Gasteiger partial charge in [-0.05, 0) is 31.4 Å². The molecule has 1 aromatic carbocycles. The van der Waals surface area contributed by atoms with Crippen molar-refractivity contribution in [1.82, 2.24) is 4.90 Å². The second-order valence-corrected chi connectivity index (χ2v) is 6.25. The van der Waals surface area contributed by atoms with Gasteiger partial charge in [-0.1, -0.05) is 11.6 Å². The van der Waals surface area contributed by atoms with Crippen LogP contribution in [0.4, 0.5) is 8.78 Å². The Kier molecular flexibility index (Phi) is 4.85. The van der Waals surface area contributed by atoms with Crippen molar-refractivity contribution < 1.29 is 23.0 Å². The number of carbonyl (C=O) groups excluding carboxylic acids is 1. The molecular weight excluding hydrogens is 328 g/mol. The van der Waals surface area contributed by atoms with E-state index in [0.29, 0.717) is 19.6 Å². The first-order valence-corrected chi connectivity index (χ1v) is 7.99. The molecule has 0 N–H and O–H groups in total. The summed E-state index contributed by atoms with van der Waals surface area (Å²) >= 11 is 5.58. The van der Waals surface area contributed by atoms with Crippen molar-refractivity contribution in [3.63, 3.8) is 0 Å². The highest BCUT2D eigenvalue weighted by Gasteiger charge is 2.40. The van der Waals surface area contributed by atoms with E-state index in [1.165, 1.54) is 0 Å². The Morgan fingerprint density at radius 3 is 2.91 bits per heavy atom. The summed E-state index contributed by atoms with van der Waals surface area (Å²) in [7, 11) is 1.64. The molecule has 1 amide bonds. The van der Waals surface area contributed by atoms with E-state index in [1.54, 1.807) is 12.0 Å². The standard InChI is InChI=1S/C16H18ClF2NO3/c1-22-9-2-5-13-12(8-9)20(6-7-23-13)16(21)10-3-4-11(18)14(17)15(10)19/h3-4,9,12-13H,2,5-8H2,1H3/t9-,12+,13+/m1/s1. The van der Waals surface area contributed by atoms with Gasteiger partial charge in [0, 0.05) is 13.7 Å². The molecule has 1 aliphatic heterocycles. The Morgan fingerprint density at radius 2 is 2.17 bits per heavy atom. The van der Waals surface area contributed by atoms with Gasteiger partial charge in [-0.2, -0.15) is 0 Å².